The summed E-state index contributed by atoms with van der Waals surface area (Å²) in [6.45, 7) is 0. The van der Waals surface area contributed by atoms with E-state index in [9.17, 15) is 9.59 Å². The van der Waals surface area contributed by atoms with E-state index >= 15 is 0 Å². The molecule has 0 spiro atoms. The number of hydrogen-bond acceptors (Lipinski definition) is 3. The van der Waals surface area contributed by atoms with Crippen LogP contribution >= 0.6 is 34.8 Å². The summed E-state index contributed by atoms with van der Waals surface area (Å²) in [5.74, 6) is -0.856. The van der Waals surface area contributed by atoms with Crippen molar-refractivity contribution < 1.29 is 14.3 Å². The number of rotatable bonds is 2. The predicted molar refractivity (Wildman–Crippen MR) is 85.1 cm³/mol. The molecule has 6 heteroatoms. The Balaban J connectivity index is 2.03. The molecule has 0 aliphatic heterocycles. The number of allylic oxidation sites excluding steroid dienone is 2. The van der Waals surface area contributed by atoms with Gasteiger partial charge in [-0.1, -0.05) is 59.1 Å². The molecule has 0 aromatic heterocycles. The van der Waals surface area contributed by atoms with E-state index in [2.05, 4.69) is 0 Å². The lowest BCUT2D eigenvalue weighted by Gasteiger charge is -2.18. The highest BCUT2D eigenvalue weighted by Crippen LogP contribution is 2.32. The van der Waals surface area contributed by atoms with E-state index in [1.807, 2.05) is 0 Å². The molecule has 110 valence electrons. The number of Topliss-reactive ketones (excluding diaryl/α,β-unsaturated/α-hetero) is 2. The second-order valence-electron chi connectivity index (χ2n) is 4.52. The zero-order chi connectivity index (χ0) is 15.9. The van der Waals surface area contributed by atoms with E-state index in [0.29, 0.717) is 5.02 Å². The fourth-order valence-electron chi connectivity index (χ4n) is 2.07. The summed E-state index contributed by atoms with van der Waals surface area (Å²) < 4.78 is 5.48. The molecule has 0 atom stereocenters. The van der Waals surface area contributed by atoms with Gasteiger partial charge in [0.25, 0.3) is 0 Å². The van der Waals surface area contributed by atoms with Gasteiger partial charge in [0.1, 0.15) is 10.8 Å². The number of ketones is 2. The summed E-state index contributed by atoms with van der Waals surface area (Å²) in [7, 11) is 0. The van der Waals surface area contributed by atoms with Crippen LogP contribution in [-0.4, -0.2) is 11.6 Å². The molecule has 0 saturated carbocycles. The van der Waals surface area contributed by atoms with E-state index in [0.717, 1.165) is 0 Å². The van der Waals surface area contributed by atoms with Crippen LogP contribution in [0.2, 0.25) is 10.0 Å². The van der Waals surface area contributed by atoms with Crippen LogP contribution in [0.15, 0.2) is 53.3 Å². The van der Waals surface area contributed by atoms with Crippen molar-refractivity contribution in [2.45, 2.75) is 0 Å². The minimum atomic E-state index is -0.453. The molecule has 2 aromatic carbocycles. The summed E-state index contributed by atoms with van der Waals surface area (Å²) in [5, 5.41) is 0.367. The van der Waals surface area contributed by atoms with E-state index in [-0.39, 0.29) is 32.7 Å². The first kappa shape index (κ1) is 15.1. The molecule has 0 unspecified atom stereocenters. The molecule has 1 aliphatic carbocycles. The molecule has 0 bridgehead atoms. The Kier molecular flexibility index (Phi) is 3.96. The highest BCUT2D eigenvalue weighted by atomic mass is 35.5. The molecule has 0 heterocycles. The van der Waals surface area contributed by atoms with Gasteiger partial charge in [0, 0.05) is 17.2 Å². The van der Waals surface area contributed by atoms with Gasteiger partial charge in [-0.3, -0.25) is 9.59 Å². The third kappa shape index (κ3) is 2.52. The molecule has 2 aromatic rings. The SMILES string of the molecule is O=C1C(Cl)=C(Oc2ccc(Cl)c(Cl)c2)C(=O)c2ccccc21. The topological polar surface area (TPSA) is 43.4 Å². The standard InChI is InChI=1S/C16H7Cl3O3/c17-11-6-5-8(7-12(11)18)22-16-13(19)14(20)9-3-1-2-4-10(9)15(16)21/h1-7H. The van der Waals surface area contributed by atoms with Crippen molar-refractivity contribution in [3.8, 4) is 5.75 Å². The average molecular weight is 354 g/mol. The molecule has 0 radical (unpaired) electrons. The number of ether oxygens (including phenoxy) is 1. The van der Waals surface area contributed by atoms with E-state index < -0.39 is 11.6 Å². The van der Waals surface area contributed by atoms with Gasteiger partial charge in [-0.25, -0.2) is 0 Å². The van der Waals surface area contributed by atoms with Crippen LogP contribution in [-0.2, 0) is 0 Å². The van der Waals surface area contributed by atoms with Gasteiger partial charge in [0.15, 0.2) is 5.76 Å². The van der Waals surface area contributed by atoms with Crippen LogP contribution in [0, 0.1) is 0 Å². The number of hydrogen-bond donors (Lipinski definition) is 0. The molecule has 0 saturated heterocycles. The lowest BCUT2D eigenvalue weighted by molar-refractivity contribution is 0.0943. The first-order valence-electron chi connectivity index (χ1n) is 6.20. The molecule has 3 nitrogen and oxygen atoms in total. The molecule has 1 aliphatic rings. The van der Waals surface area contributed by atoms with Crippen molar-refractivity contribution in [2.75, 3.05) is 0 Å². The fraction of sp³-hybridized carbons (Fsp3) is 0. The van der Waals surface area contributed by atoms with E-state index in [1.165, 1.54) is 18.2 Å². The third-order valence-electron chi connectivity index (χ3n) is 3.13. The Morgan fingerprint density at radius 1 is 0.773 bits per heavy atom. The maximum atomic E-state index is 12.5. The zero-order valence-corrected chi connectivity index (χ0v) is 13.2. The van der Waals surface area contributed by atoms with Gasteiger partial charge in [0.05, 0.1) is 10.0 Å². The average Bonchev–Trinajstić information content (AvgIpc) is 2.53. The largest absolute Gasteiger partial charge is 0.451 e. The Morgan fingerprint density at radius 3 is 2.05 bits per heavy atom. The van der Waals surface area contributed by atoms with Crippen molar-refractivity contribution >= 4 is 46.4 Å². The summed E-state index contributed by atoms with van der Waals surface area (Å²) in [6.07, 6.45) is 0. The molecular weight excluding hydrogens is 347 g/mol. The Morgan fingerprint density at radius 2 is 1.41 bits per heavy atom. The van der Waals surface area contributed by atoms with Crippen LogP contribution < -0.4 is 4.74 Å². The third-order valence-corrected chi connectivity index (χ3v) is 4.21. The molecular formula is C16H7Cl3O3. The van der Waals surface area contributed by atoms with Gasteiger partial charge < -0.3 is 4.74 Å². The lowest BCUT2D eigenvalue weighted by Crippen LogP contribution is -2.23. The van der Waals surface area contributed by atoms with Crippen molar-refractivity contribution in [3.63, 3.8) is 0 Å². The number of carbonyl (C=O) groups is 2. The lowest BCUT2D eigenvalue weighted by atomic mass is 9.93. The van der Waals surface area contributed by atoms with Gasteiger partial charge in [-0.15, -0.1) is 0 Å². The van der Waals surface area contributed by atoms with Crippen molar-refractivity contribution in [1.82, 2.24) is 0 Å². The van der Waals surface area contributed by atoms with Gasteiger partial charge in [-0.2, -0.15) is 0 Å². The summed E-state index contributed by atoms with van der Waals surface area (Å²) in [6, 6.07) is 10.9. The second kappa shape index (κ2) is 5.76. The monoisotopic (exact) mass is 352 g/mol. The smallest absolute Gasteiger partial charge is 0.230 e. The van der Waals surface area contributed by atoms with Crippen LogP contribution in [0.1, 0.15) is 20.7 Å². The second-order valence-corrected chi connectivity index (χ2v) is 5.72. The number of halogens is 3. The summed E-state index contributed by atoms with van der Waals surface area (Å²) >= 11 is 17.7. The zero-order valence-electron chi connectivity index (χ0n) is 10.9. The van der Waals surface area contributed by atoms with Crippen LogP contribution in [0.5, 0.6) is 5.75 Å². The Bertz CT molecular complexity index is 840. The number of carbonyl (C=O) groups excluding carboxylic acids is 2. The van der Waals surface area contributed by atoms with Crippen molar-refractivity contribution in [1.29, 1.82) is 0 Å². The van der Waals surface area contributed by atoms with E-state index in [1.54, 1.807) is 24.3 Å². The molecule has 0 fully saturated rings. The van der Waals surface area contributed by atoms with Crippen LogP contribution in [0.4, 0.5) is 0 Å². The quantitative estimate of drug-likeness (QED) is 0.771. The highest BCUT2D eigenvalue weighted by Gasteiger charge is 2.33. The normalized spacial score (nSPS) is 14.1. The first-order valence-corrected chi connectivity index (χ1v) is 7.33. The number of fused-ring (bicyclic) bond motifs is 1. The summed E-state index contributed by atoms with van der Waals surface area (Å²) in [4.78, 5) is 24.7. The Labute approximate surface area is 141 Å². The van der Waals surface area contributed by atoms with Crippen molar-refractivity contribution in [3.05, 3.63) is 74.4 Å². The predicted octanol–water partition coefficient (Wildman–Crippen LogP) is 4.90. The maximum Gasteiger partial charge on any atom is 0.230 e. The highest BCUT2D eigenvalue weighted by molar-refractivity contribution is 6.49. The minimum Gasteiger partial charge on any atom is -0.451 e. The molecule has 3 rings (SSSR count). The molecule has 0 amide bonds. The van der Waals surface area contributed by atoms with Crippen molar-refractivity contribution in [2.24, 2.45) is 0 Å². The van der Waals surface area contributed by atoms with Gasteiger partial charge >= 0.3 is 0 Å². The van der Waals surface area contributed by atoms with E-state index in [4.69, 9.17) is 39.5 Å². The first-order chi connectivity index (χ1) is 10.5. The van der Waals surface area contributed by atoms with Gasteiger partial charge in [-0.05, 0) is 12.1 Å². The minimum absolute atomic E-state index is 0.219. The number of benzene rings is 2. The fourth-order valence-corrected chi connectivity index (χ4v) is 2.59. The van der Waals surface area contributed by atoms with Crippen LogP contribution in [0.3, 0.4) is 0 Å². The molecule has 0 N–H and O–H groups in total. The molecule has 22 heavy (non-hydrogen) atoms. The van der Waals surface area contributed by atoms with Gasteiger partial charge in [0.2, 0.25) is 11.6 Å². The summed E-state index contributed by atoms with van der Waals surface area (Å²) in [5.41, 5.74) is 0.519. The van der Waals surface area contributed by atoms with Crippen LogP contribution in [0.25, 0.3) is 0 Å². The Hall–Kier alpha value is -1.81. The maximum absolute atomic E-state index is 12.5.